The monoisotopic (exact) mass is 296 g/mol. The highest BCUT2D eigenvalue weighted by Crippen LogP contribution is 2.23. The summed E-state index contributed by atoms with van der Waals surface area (Å²) < 4.78 is 0. The molecule has 1 amide bonds. The number of amides is 1. The highest BCUT2D eigenvalue weighted by molar-refractivity contribution is 8.06. The summed E-state index contributed by atoms with van der Waals surface area (Å²) in [5.74, 6) is 3.88. The van der Waals surface area contributed by atoms with E-state index in [9.17, 15) is 4.79 Å². The van der Waals surface area contributed by atoms with Gasteiger partial charge in [-0.05, 0) is 19.4 Å². The van der Waals surface area contributed by atoms with Gasteiger partial charge in [-0.25, -0.2) is 0 Å². The van der Waals surface area contributed by atoms with Crippen LogP contribution in [0.5, 0.6) is 0 Å². The van der Waals surface area contributed by atoms with E-state index in [4.69, 9.17) is 0 Å². The Morgan fingerprint density at radius 3 is 2.88 bits per heavy atom. The summed E-state index contributed by atoms with van der Waals surface area (Å²) in [6, 6.07) is 0.0648. The zero-order chi connectivity index (χ0) is 11.2. The molecule has 2 fully saturated rings. The SMILES string of the molecule is Cl.O=C(NCC1CSCCS1)[C@H]1CCCCN1. The maximum absolute atomic E-state index is 11.9. The number of hydrogen-bond acceptors (Lipinski definition) is 4. The van der Waals surface area contributed by atoms with E-state index in [0.717, 1.165) is 19.5 Å². The van der Waals surface area contributed by atoms with Crippen LogP contribution in [0.3, 0.4) is 0 Å². The number of carbonyl (C=O) groups is 1. The molecule has 2 atom stereocenters. The van der Waals surface area contributed by atoms with E-state index in [1.165, 1.54) is 30.1 Å². The van der Waals surface area contributed by atoms with Gasteiger partial charge in [-0.1, -0.05) is 6.42 Å². The molecule has 6 heteroatoms. The highest BCUT2D eigenvalue weighted by Gasteiger charge is 2.21. The van der Waals surface area contributed by atoms with Gasteiger partial charge in [-0.2, -0.15) is 23.5 Å². The largest absolute Gasteiger partial charge is 0.354 e. The Morgan fingerprint density at radius 2 is 2.24 bits per heavy atom. The fourth-order valence-corrected chi connectivity index (χ4v) is 4.68. The maximum atomic E-state index is 11.9. The molecule has 0 bridgehead atoms. The molecule has 2 heterocycles. The third-order valence-electron chi connectivity index (χ3n) is 3.02. The lowest BCUT2D eigenvalue weighted by atomic mass is 10.0. The van der Waals surface area contributed by atoms with Crippen molar-refractivity contribution in [3.8, 4) is 0 Å². The lowest BCUT2D eigenvalue weighted by Gasteiger charge is -2.25. The quantitative estimate of drug-likeness (QED) is 0.828. The average molecular weight is 297 g/mol. The second-order valence-electron chi connectivity index (χ2n) is 4.32. The first-order chi connectivity index (χ1) is 7.86. The minimum absolute atomic E-state index is 0. The molecular formula is C11H21ClN2OS2. The predicted octanol–water partition coefficient (Wildman–Crippen LogP) is 1.52. The van der Waals surface area contributed by atoms with Crippen LogP contribution in [0.2, 0.25) is 0 Å². The van der Waals surface area contributed by atoms with E-state index in [1.807, 2.05) is 23.5 Å². The molecule has 100 valence electrons. The molecule has 0 aromatic heterocycles. The Kier molecular flexibility index (Phi) is 7.75. The smallest absolute Gasteiger partial charge is 0.237 e. The first-order valence-corrected chi connectivity index (χ1v) is 8.27. The standard InChI is InChI=1S/C11H20N2OS2.ClH/c14-11(10-3-1-2-4-12-10)13-7-9-8-15-5-6-16-9;/h9-10,12H,1-8H2,(H,13,14);1H/t9?,10-;/m1./s1. The molecule has 0 aromatic rings. The number of thioether (sulfide) groups is 2. The number of halogens is 1. The maximum Gasteiger partial charge on any atom is 0.237 e. The van der Waals surface area contributed by atoms with Gasteiger partial charge in [0.2, 0.25) is 5.91 Å². The molecular weight excluding hydrogens is 276 g/mol. The molecule has 0 aliphatic carbocycles. The van der Waals surface area contributed by atoms with Crippen molar-refractivity contribution in [3.63, 3.8) is 0 Å². The summed E-state index contributed by atoms with van der Waals surface area (Å²) in [5.41, 5.74) is 0. The molecule has 17 heavy (non-hydrogen) atoms. The first kappa shape index (κ1) is 15.5. The van der Waals surface area contributed by atoms with E-state index in [0.29, 0.717) is 5.25 Å². The van der Waals surface area contributed by atoms with Gasteiger partial charge < -0.3 is 10.6 Å². The number of carbonyl (C=O) groups excluding carboxylic acids is 1. The molecule has 0 spiro atoms. The zero-order valence-corrected chi connectivity index (χ0v) is 12.4. The third-order valence-corrected chi connectivity index (χ3v) is 5.86. The average Bonchev–Trinajstić information content (AvgIpc) is 2.38. The molecule has 0 aromatic carbocycles. The number of hydrogen-bond donors (Lipinski definition) is 2. The van der Waals surface area contributed by atoms with Gasteiger partial charge in [0, 0.05) is 29.1 Å². The molecule has 2 N–H and O–H groups in total. The Hall–Kier alpha value is 0.420. The summed E-state index contributed by atoms with van der Waals surface area (Å²) in [6.45, 7) is 1.83. The molecule has 2 aliphatic rings. The Morgan fingerprint density at radius 1 is 1.35 bits per heavy atom. The summed E-state index contributed by atoms with van der Waals surface area (Å²) in [5, 5.41) is 6.99. The van der Waals surface area contributed by atoms with E-state index in [-0.39, 0.29) is 24.4 Å². The van der Waals surface area contributed by atoms with E-state index < -0.39 is 0 Å². The van der Waals surface area contributed by atoms with Crippen molar-refractivity contribution in [1.29, 1.82) is 0 Å². The second kappa shape index (κ2) is 8.51. The number of piperidine rings is 1. The summed E-state index contributed by atoms with van der Waals surface area (Å²) in [7, 11) is 0. The Labute approximate surface area is 118 Å². The van der Waals surface area contributed by atoms with Crippen LogP contribution < -0.4 is 10.6 Å². The topological polar surface area (TPSA) is 41.1 Å². The van der Waals surface area contributed by atoms with Crippen LogP contribution in [-0.4, -0.2) is 47.5 Å². The summed E-state index contributed by atoms with van der Waals surface area (Å²) in [4.78, 5) is 11.9. The van der Waals surface area contributed by atoms with Crippen LogP contribution in [0.15, 0.2) is 0 Å². The van der Waals surface area contributed by atoms with Crippen molar-refractivity contribution >= 4 is 41.8 Å². The number of rotatable bonds is 3. The third kappa shape index (κ3) is 5.28. The van der Waals surface area contributed by atoms with Crippen LogP contribution in [0.25, 0.3) is 0 Å². The van der Waals surface area contributed by atoms with Crippen LogP contribution in [0.1, 0.15) is 19.3 Å². The van der Waals surface area contributed by atoms with E-state index in [1.54, 1.807) is 0 Å². The number of nitrogens with one attached hydrogen (secondary N) is 2. The van der Waals surface area contributed by atoms with Crippen molar-refractivity contribution in [2.75, 3.05) is 30.3 Å². The van der Waals surface area contributed by atoms with Gasteiger partial charge in [0.15, 0.2) is 0 Å². The Balaban J connectivity index is 0.00000144. The Bertz CT molecular complexity index is 232. The zero-order valence-electron chi connectivity index (χ0n) is 9.94. The fourth-order valence-electron chi connectivity index (χ4n) is 2.07. The van der Waals surface area contributed by atoms with Crippen LogP contribution >= 0.6 is 35.9 Å². The summed E-state index contributed by atoms with van der Waals surface area (Å²) in [6.07, 6.45) is 3.39. The molecule has 2 aliphatic heterocycles. The highest BCUT2D eigenvalue weighted by atomic mass is 35.5. The van der Waals surface area contributed by atoms with Gasteiger partial charge in [0.25, 0.3) is 0 Å². The molecule has 0 saturated carbocycles. The van der Waals surface area contributed by atoms with E-state index >= 15 is 0 Å². The van der Waals surface area contributed by atoms with Gasteiger partial charge in [-0.15, -0.1) is 12.4 Å². The van der Waals surface area contributed by atoms with Gasteiger partial charge >= 0.3 is 0 Å². The van der Waals surface area contributed by atoms with Crippen molar-refractivity contribution in [2.45, 2.75) is 30.6 Å². The van der Waals surface area contributed by atoms with Crippen LogP contribution in [-0.2, 0) is 4.79 Å². The molecule has 3 nitrogen and oxygen atoms in total. The first-order valence-electron chi connectivity index (χ1n) is 6.07. The van der Waals surface area contributed by atoms with Crippen molar-refractivity contribution in [3.05, 3.63) is 0 Å². The van der Waals surface area contributed by atoms with Crippen molar-refractivity contribution < 1.29 is 4.79 Å². The molecule has 2 rings (SSSR count). The second-order valence-corrected chi connectivity index (χ2v) is 6.87. The van der Waals surface area contributed by atoms with E-state index in [2.05, 4.69) is 10.6 Å². The lowest BCUT2D eigenvalue weighted by Crippen LogP contribution is -2.48. The molecule has 0 radical (unpaired) electrons. The van der Waals surface area contributed by atoms with Crippen molar-refractivity contribution in [2.24, 2.45) is 0 Å². The summed E-state index contributed by atoms with van der Waals surface area (Å²) >= 11 is 4.00. The fraction of sp³-hybridized carbons (Fsp3) is 0.909. The molecule has 1 unspecified atom stereocenters. The minimum atomic E-state index is 0. The normalized spacial score (nSPS) is 29.2. The lowest BCUT2D eigenvalue weighted by molar-refractivity contribution is -0.123. The molecule has 2 saturated heterocycles. The van der Waals surface area contributed by atoms with Crippen LogP contribution in [0.4, 0.5) is 0 Å². The van der Waals surface area contributed by atoms with Gasteiger partial charge in [0.1, 0.15) is 0 Å². The van der Waals surface area contributed by atoms with Gasteiger partial charge in [-0.3, -0.25) is 4.79 Å². The minimum Gasteiger partial charge on any atom is -0.354 e. The van der Waals surface area contributed by atoms with Gasteiger partial charge in [0.05, 0.1) is 6.04 Å². The van der Waals surface area contributed by atoms with Crippen molar-refractivity contribution in [1.82, 2.24) is 10.6 Å². The predicted molar refractivity (Wildman–Crippen MR) is 79.5 cm³/mol. The van der Waals surface area contributed by atoms with Crippen LogP contribution in [0, 0.1) is 0 Å².